The maximum absolute atomic E-state index is 8.66. The van der Waals surface area contributed by atoms with Gasteiger partial charge in [-0.1, -0.05) is 18.2 Å². The summed E-state index contributed by atoms with van der Waals surface area (Å²) in [5.41, 5.74) is 4.12. The smallest absolute Gasteiger partial charge is 0.0521 e. The summed E-state index contributed by atoms with van der Waals surface area (Å²) < 4.78 is 0. The predicted octanol–water partition coefficient (Wildman–Crippen LogP) is 2.53. The lowest BCUT2D eigenvalue weighted by molar-refractivity contribution is 0.322. The summed E-state index contributed by atoms with van der Waals surface area (Å²) in [7, 11) is 0. The van der Waals surface area contributed by atoms with E-state index < -0.39 is 0 Å². The van der Waals surface area contributed by atoms with Crippen molar-refractivity contribution in [2.24, 2.45) is 0 Å². The van der Waals surface area contributed by atoms with E-state index in [0.29, 0.717) is 0 Å². The van der Waals surface area contributed by atoms with Crippen molar-refractivity contribution in [3.8, 4) is 0 Å². The first-order valence-electron chi connectivity index (χ1n) is 4.49. The summed E-state index contributed by atoms with van der Waals surface area (Å²) in [5, 5.41) is 8.66. The average Bonchev–Trinajstić information content (AvgIpc) is 2.10. The molecule has 1 aromatic rings. The Balaban J connectivity index is 2.64. The molecular formula is C11H16OS. The van der Waals surface area contributed by atoms with E-state index in [-0.39, 0.29) is 6.61 Å². The van der Waals surface area contributed by atoms with Gasteiger partial charge < -0.3 is 5.11 Å². The molecule has 0 spiro atoms. The molecular weight excluding hydrogens is 180 g/mol. The molecule has 0 bridgehead atoms. The number of aliphatic hydroxyl groups is 1. The summed E-state index contributed by atoms with van der Waals surface area (Å²) in [6, 6.07) is 6.37. The van der Waals surface area contributed by atoms with Gasteiger partial charge in [-0.05, 0) is 30.5 Å². The summed E-state index contributed by atoms with van der Waals surface area (Å²) in [6.07, 6.45) is 0. The zero-order valence-corrected chi connectivity index (χ0v) is 9.03. The van der Waals surface area contributed by atoms with Crippen LogP contribution in [0.1, 0.15) is 16.7 Å². The molecule has 0 amide bonds. The predicted molar refractivity (Wildman–Crippen MR) is 59.2 cm³/mol. The molecule has 0 aliphatic rings. The minimum Gasteiger partial charge on any atom is -0.396 e. The second kappa shape index (κ2) is 5.30. The van der Waals surface area contributed by atoms with Crippen LogP contribution < -0.4 is 0 Å². The highest BCUT2D eigenvalue weighted by Gasteiger charge is 2.00. The fraction of sp³-hybridized carbons (Fsp3) is 0.455. The van der Waals surface area contributed by atoms with Gasteiger partial charge in [0.1, 0.15) is 0 Å². The average molecular weight is 196 g/mol. The third-order valence-electron chi connectivity index (χ3n) is 2.13. The van der Waals surface area contributed by atoms with Gasteiger partial charge in [-0.3, -0.25) is 0 Å². The number of aliphatic hydroxyl groups excluding tert-OH is 1. The van der Waals surface area contributed by atoms with E-state index in [0.717, 1.165) is 11.5 Å². The summed E-state index contributed by atoms with van der Waals surface area (Å²) in [6.45, 7) is 4.55. The first-order chi connectivity index (χ1) is 6.25. The lowest BCUT2D eigenvalue weighted by atomic mass is 10.1. The molecule has 0 unspecified atom stereocenters. The Hall–Kier alpha value is -0.470. The van der Waals surface area contributed by atoms with Crippen LogP contribution in [0.25, 0.3) is 0 Å². The topological polar surface area (TPSA) is 20.2 Å². The monoisotopic (exact) mass is 196 g/mol. The minimum atomic E-state index is 0.273. The van der Waals surface area contributed by atoms with Gasteiger partial charge >= 0.3 is 0 Å². The van der Waals surface area contributed by atoms with Crippen LogP contribution in [0, 0.1) is 13.8 Å². The molecule has 2 heteroatoms. The molecule has 1 nitrogen and oxygen atoms in total. The first kappa shape index (κ1) is 10.6. The Morgan fingerprint density at radius 3 is 2.38 bits per heavy atom. The molecule has 0 saturated heterocycles. The van der Waals surface area contributed by atoms with Gasteiger partial charge in [-0.25, -0.2) is 0 Å². The van der Waals surface area contributed by atoms with Crippen molar-refractivity contribution >= 4 is 11.8 Å². The number of thioether (sulfide) groups is 1. The first-order valence-corrected chi connectivity index (χ1v) is 5.65. The molecule has 13 heavy (non-hydrogen) atoms. The van der Waals surface area contributed by atoms with Crippen molar-refractivity contribution in [3.63, 3.8) is 0 Å². The number of benzene rings is 1. The number of aryl methyl sites for hydroxylation is 2. The van der Waals surface area contributed by atoms with E-state index in [9.17, 15) is 0 Å². The van der Waals surface area contributed by atoms with Crippen LogP contribution in [-0.2, 0) is 5.75 Å². The Kier molecular flexibility index (Phi) is 4.33. The summed E-state index contributed by atoms with van der Waals surface area (Å²) >= 11 is 1.78. The molecule has 1 aromatic carbocycles. The Labute approximate surface area is 84.2 Å². The van der Waals surface area contributed by atoms with Gasteiger partial charge in [0.2, 0.25) is 0 Å². The number of hydrogen-bond acceptors (Lipinski definition) is 2. The maximum atomic E-state index is 8.66. The molecule has 72 valence electrons. The minimum absolute atomic E-state index is 0.273. The van der Waals surface area contributed by atoms with Gasteiger partial charge in [-0.2, -0.15) is 11.8 Å². The van der Waals surface area contributed by atoms with Crippen LogP contribution in [0.4, 0.5) is 0 Å². The molecule has 0 aromatic heterocycles. The molecule has 0 saturated carbocycles. The second-order valence-electron chi connectivity index (χ2n) is 3.15. The van der Waals surface area contributed by atoms with E-state index in [2.05, 4.69) is 32.0 Å². The summed E-state index contributed by atoms with van der Waals surface area (Å²) in [4.78, 5) is 0. The summed E-state index contributed by atoms with van der Waals surface area (Å²) in [5.74, 6) is 1.84. The van der Waals surface area contributed by atoms with Crippen LogP contribution in [0.5, 0.6) is 0 Å². The van der Waals surface area contributed by atoms with Crippen LogP contribution in [0.3, 0.4) is 0 Å². The van der Waals surface area contributed by atoms with Gasteiger partial charge in [0, 0.05) is 11.5 Å². The largest absolute Gasteiger partial charge is 0.396 e. The molecule has 0 fully saturated rings. The second-order valence-corrected chi connectivity index (χ2v) is 4.25. The van der Waals surface area contributed by atoms with Gasteiger partial charge in [-0.15, -0.1) is 0 Å². The van der Waals surface area contributed by atoms with Gasteiger partial charge in [0.15, 0.2) is 0 Å². The van der Waals surface area contributed by atoms with E-state index in [1.165, 1.54) is 16.7 Å². The van der Waals surface area contributed by atoms with Crippen molar-refractivity contribution in [2.75, 3.05) is 12.4 Å². The third-order valence-corrected chi connectivity index (χ3v) is 3.09. The molecule has 0 radical (unpaired) electrons. The standard InChI is InChI=1S/C11H16OS/c1-9-4-3-5-10(2)11(9)8-13-7-6-12/h3-5,12H,6-8H2,1-2H3. The molecule has 1 rings (SSSR count). The molecule has 1 N–H and O–H groups in total. The van der Waals surface area contributed by atoms with Crippen LogP contribution in [0.2, 0.25) is 0 Å². The number of hydrogen-bond donors (Lipinski definition) is 1. The highest BCUT2D eigenvalue weighted by Crippen LogP contribution is 2.19. The third kappa shape index (κ3) is 3.05. The molecule has 0 atom stereocenters. The zero-order valence-electron chi connectivity index (χ0n) is 8.21. The highest BCUT2D eigenvalue weighted by molar-refractivity contribution is 7.98. The molecule has 0 aliphatic heterocycles. The van der Waals surface area contributed by atoms with Crippen LogP contribution in [0.15, 0.2) is 18.2 Å². The maximum Gasteiger partial charge on any atom is 0.0521 e. The van der Waals surface area contributed by atoms with Crippen molar-refractivity contribution < 1.29 is 5.11 Å². The Morgan fingerprint density at radius 2 is 1.85 bits per heavy atom. The van der Waals surface area contributed by atoms with E-state index >= 15 is 0 Å². The van der Waals surface area contributed by atoms with Crippen molar-refractivity contribution in [3.05, 3.63) is 34.9 Å². The molecule has 0 aliphatic carbocycles. The lowest BCUT2D eigenvalue weighted by Crippen LogP contribution is -1.93. The van der Waals surface area contributed by atoms with Gasteiger partial charge in [0.05, 0.1) is 6.61 Å². The van der Waals surface area contributed by atoms with Crippen LogP contribution >= 0.6 is 11.8 Å². The highest BCUT2D eigenvalue weighted by atomic mass is 32.2. The fourth-order valence-electron chi connectivity index (χ4n) is 1.32. The van der Waals surface area contributed by atoms with Crippen molar-refractivity contribution in [1.29, 1.82) is 0 Å². The van der Waals surface area contributed by atoms with E-state index in [4.69, 9.17) is 5.11 Å². The zero-order chi connectivity index (χ0) is 9.68. The number of rotatable bonds is 4. The Morgan fingerprint density at radius 1 is 1.23 bits per heavy atom. The molecule has 0 heterocycles. The van der Waals surface area contributed by atoms with Gasteiger partial charge in [0.25, 0.3) is 0 Å². The van der Waals surface area contributed by atoms with Crippen LogP contribution in [-0.4, -0.2) is 17.5 Å². The van der Waals surface area contributed by atoms with Crippen molar-refractivity contribution in [1.82, 2.24) is 0 Å². The SMILES string of the molecule is Cc1cccc(C)c1CSCCO. The normalized spacial score (nSPS) is 10.4. The quantitative estimate of drug-likeness (QED) is 0.747. The fourth-order valence-corrected chi connectivity index (χ4v) is 2.25. The van der Waals surface area contributed by atoms with Crippen molar-refractivity contribution in [2.45, 2.75) is 19.6 Å². The Bertz CT molecular complexity index is 251. The lowest BCUT2D eigenvalue weighted by Gasteiger charge is -2.08. The van der Waals surface area contributed by atoms with E-state index in [1.807, 2.05) is 0 Å². The van der Waals surface area contributed by atoms with E-state index in [1.54, 1.807) is 11.8 Å².